The van der Waals surface area contributed by atoms with Crippen LogP contribution in [0.5, 0.6) is 0 Å². The van der Waals surface area contributed by atoms with E-state index in [0.29, 0.717) is 17.7 Å². The van der Waals surface area contributed by atoms with Gasteiger partial charge in [-0.3, -0.25) is 19.3 Å². The van der Waals surface area contributed by atoms with E-state index >= 15 is 0 Å². The Balaban J connectivity index is 1.33. The zero-order chi connectivity index (χ0) is 25.6. The number of nitrogens with one attached hydrogen (secondary N) is 1. The van der Waals surface area contributed by atoms with Crippen molar-refractivity contribution in [3.63, 3.8) is 0 Å². The third kappa shape index (κ3) is 3.89. The number of allylic oxidation sites excluding steroid dienone is 1. The Bertz CT molecular complexity index is 1380. The molecule has 36 heavy (non-hydrogen) atoms. The maximum Gasteiger partial charge on any atom is 0.352 e. The van der Waals surface area contributed by atoms with Crippen LogP contribution in [0, 0.1) is 0 Å². The van der Waals surface area contributed by atoms with Crippen molar-refractivity contribution in [2.75, 3.05) is 22.9 Å². The van der Waals surface area contributed by atoms with E-state index in [1.807, 2.05) is 18.2 Å². The first-order valence-corrected chi connectivity index (χ1v) is 12.5. The lowest BCUT2D eigenvalue weighted by Gasteiger charge is -2.49. The number of nitrogens with two attached hydrogens (primary N) is 1. The molecule has 2 aromatic rings. The molecular formula is C22H18N6O6S2. The highest BCUT2D eigenvalue weighted by atomic mass is 32.2. The second-order valence-corrected chi connectivity index (χ2v) is 9.95. The van der Waals surface area contributed by atoms with Gasteiger partial charge >= 0.3 is 5.97 Å². The normalized spacial score (nSPS) is 22.8. The van der Waals surface area contributed by atoms with Gasteiger partial charge in [0.25, 0.3) is 17.7 Å². The Labute approximate surface area is 211 Å². The second kappa shape index (κ2) is 9.13. The second-order valence-electron chi connectivity index (χ2n) is 7.96. The molecule has 0 radical (unpaired) electrons. The van der Waals surface area contributed by atoms with Gasteiger partial charge in [-0.05, 0) is 23.8 Å². The van der Waals surface area contributed by atoms with E-state index < -0.39 is 34.9 Å². The summed E-state index contributed by atoms with van der Waals surface area (Å²) in [7, 11) is 0. The number of hydrogen-bond donors (Lipinski definition) is 4. The number of para-hydroxylation sites is 1. The number of hydrogen-bond acceptors (Lipinski definition) is 10. The lowest BCUT2D eigenvalue weighted by Crippen LogP contribution is -2.71. The van der Waals surface area contributed by atoms with Crippen LogP contribution in [0.2, 0.25) is 0 Å². The first-order chi connectivity index (χ1) is 17.3. The van der Waals surface area contributed by atoms with Crippen molar-refractivity contribution >= 4 is 63.3 Å². The van der Waals surface area contributed by atoms with E-state index in [4.69, 9.17) is 5.73 Å². The van der Waals surface area contributed by atoms with Crippen LogP contribution in [0.25, 0.3) is 0 Å². The van der Waals surface area contributed by atoms with Crippen LogP contribution in [0.1, 0.15) is 5.69 Å². The first kappa shape index (κ1) is 23.6. The molecule has 0 saturated carbocycles. The molecule has 14 heteroatoms. The monoisotopic (exact) mass is 526 g/mol. The van der Waals surface area contributed by atoms with E-state index in [1.165, 1.54) is 23.2 Å². The van der Waals surface area contributed by atoms with Gasteiger partial charge in [0.05, 0.1) is 6.54 Å². The summed E-state index contributed by atoms with van der Waals surface area (Å²) in [6.07, 6.45) is 1.52. The van der Waals surface area contributed by atoms with Crippen molar-refractivity contribution in [3.05, 3.63) is 64.3 Å². The molecule has 2 fully saturated rings. The van der Waals surface area contributed by atoms with Gasteiger partial charge < -0.3 is 26.3 Å². The lowest BCUT2D eigenvalue weighted by molar-refractivity contribution is -0.150. The number of nitrogens with zero attached hydrogens (tertiary/aromatic N) is 4. The molecule has 4 heterocycles. The van der Waals surface area contributed by atoms with Crippen LogP contribution in [0.3, 0.4) is 0 Å². The Hall–Kier alpha value is -4.17. The molecule has 0 unspecified atom stereocenters. The third-order valence-corrected chi connectivity index (χ3v) is 7.81. The van der Waals surface area contributed by atoms with Crippen LogP contribution in [-0.4, -0.2) is 73.3 Å². The van der Waals surface area contributed by atoms with Gasteiger partial charge in [0.1, 0.15) is 22.8 Å². The summed E-state index contributed by atoms with van der Waals surface area (Å²) in [6, 6.07) is 8.07. The molecule has 3 aliphatic heterocycles. The number of carboxylic acid groups (broad SMARTS) is 1. The number of anilines is 2. The zero-order valence-electron chi connectivity index (χ0n) is 18.3. The number of carbonyl (C=O) groups excluding carboxylic acids is 3. The Kier molecular flexibility index (Phi) is 5.97. The van der Waals surface area contributed by atoms with Gasteiger partial charge in [0.15, 0.2) is 10.8 Å². The van der Waals surface area contributed by atoms with Crippen molar-refractivity contribution < 1.29 is 29.5 Å². The number of amides is 3. The van der Waals surface area contributed by atoms with Gasteiger partial charge in [-0.25, -0.2) is 9.78 Å². The molecule has 1 aromatic heterocycles. The number of rotatable bonds is 6. The van der Waals surface area contributed by atoms with E-state index in [9.17, 15) is 29.5 Å². The zero-order valence-corrected chi connectivity index (χ0v) is 20.0. The number of aliphatic carboxylic acids is 1. The number of β-lactam (4-membered cyclic amide) rings is 2. The third-order valence-electron chi connectivity index (χ3n) is 5.83. The summed E-state index contributed by atoms with van der Waals surface area (Å²) >= 11 is 2.30. The maximum absolute atomic E-state index is 12.9. The summed E-state index contributed by atoms with van der Waals surface area (Å²) in [5.41, 5.74) is 6.49. The number of thioether (sulfide) groups is 1. The van der Waals surface area contributed by atoms with Crippen LogP contribution in [-0.2, 0) is 19.2 Å². The van der Waals surface area contributed by atoms with Crippen LogP contribution >= 0.6 is 23.1 Å². The smallest absolute Gasteiger partial charge is 0.352 e. The first-order valence-electron chi connectivity index (χ1n) is 10.5. The molecule has 5 rings (SSSR count). The number of fused-ring (bicyclic) bond motifs is 1. The van der Waals surface area contributed by atoms with Crippen molar-refractivity contribution in [3.8, 4) is 0 Å². The number of aromatic nitrogens is 1. The molecule has 2 atom stereocenters. The summed E-state index contributed by atoms with van der Waals surface area (Å²) in [4.78, 5) is 56.8. The number of thiazole rings is 1. The van der Waals surface area contributed by atoms with Crippen molar-refractivity contribution in [2.45, 2.75) is 11.4 Å². The van der Waals surface area contributed by atoms with E-state index in [2.05, 4.69) is 15.5 Å². The number of carbonyl (C=O) groups is 4. The highest BCUT2D eigenvalue weighted by Gasteiger charge is 2.54. The fourth-order valence-electron chi connectivity index (χ4n) is 4.10. The molecule has 1 aromatic carbocycles. The SMILES string of the molecule is Nc1nc(/C(=N\O)C(=O)N[C@@H]2C(=O)N3C(C(=O)O)=C(/C=C4/CN(c5ccccc5)C4=O)CS[C@H]23)cs1. The average Bonchev–Trinajstić information content (AvgIpc) is 3.30. The number of benzene rings is 1. The summed E-state index contributed by atoms with van der Waals surface area (Å²) in [6.45, 7) is 0.324. The number of oxime groups is 1. The van der Waals surface area contributed by atoms with Crippen LogP contribution < -0.4 is 16.0 Å². The summed E-state index contributed by atoms with van der Waals surface area (Å²) in [5, 5.41) is 25.5. The van der Waals surface area contributed by atoms with Crippen molar-refractivity contribution in [2.24, 2.45) is 5.16 Å². The largest absolute Gasteiger partial charge is 0.477 e. The van der Waals surface area contributed by atoms with E-state index in [1.54, 1.807) is 17.0 Å². The lowest BCUT2D eigenvalue weighted by atomic mass is 9.98. The fourth-order valence-corrected chi connectivity index (χ4v) is 5.95. The Morgan fingerprint density at radius 2 is 2.00 bits per heavy atom. The molecular weight excluding hydrogens is 508 g/mol. The predicted molar refractivity (Wildman–Crippen MR) is 131 cm³/mol. The molecule has 3 amide bonds. The average molecular weight is 527 g/mol. The van der Waals surface area contributed by atoms with Crippen molar-refractivity contribution in [1.82, 2.24) is 15.2 Å². The minimum atomic E-state index is -1.31. The van der Waals surface area contributed by atoms with Gasteiger partial charge in [0.2, 0.25) is 0 Å². The van der Waals surface area contributed by atoms with Gasteiger partial charge in [-0.1, -0.05) is 23.4 Å². The Morgan fingerprint density at radius 1 is 1.25 bits per heavy atom. The molecule has 0 aliphatic carbocycles. The van der Waals surface area contributed by atoms with E-state index in [0.717, 1.165) is 21.9 Å². The fraction of sp³-hybridized carbons (Fsp3) is 0.182. The predicted octanol–water partition coefficient (Wildman–Crippen LogP) is 0.615. The minimum absolute atomic E-state index is 0.0483. The molecule has 5 N–H and O–H groups in total. The van der Waals surface area contributed by atoms with Crippen molar-refractivity contribution in [1.29, 1.82) is 0 Å². The molecule has 2 saturated heterocycles. The summed E-state index contributed by atoms with van der Waals surface area (Å²) < 4.78 is 0. The molecule has 3 aliphatic rings. The van der Waals surface area contributed by atoms with Crippen LogP contribution in [0.15, 0.2) is 63.8 Å². The highest BCUT2D eigenvalue weighted by molar-refractivity contribution is 8.00. The van der Waals surface area contributed by atoms with Gasteiger partial charge in [-0.15, -0.1) is 23.1 Å². The topological polar surface area (TPSA) is 179 Å². The standard InChI is InChI=1S/C22H18N6O6S2/c23-22-24-13(9-36-22)14(26-34)17(29)25-15-19(31)28-16(21(32)33)11(8-35-20(15)28)6-10-7-27(18(10)30)12-4-2-1-3-5-12/h1-6,9,15,20,34H,7-8H2,(H2,23,24)(H,25,29)(H,32,33)/b10-6-,26-14+/t15-,20-/m1/s1. The molecule has 184 valence electrons. The number of nitrogen functional groups attached to an aromatic ring is 1. The van der Waals surface area contributed by atoms with Gasteiger partial charge in [0, 0.05) is 22.4 Å². The minimum Gasteiger partial charge on any atom is -0.477 e. The highest BCUT2D eigenvalue weighted by Crippen LogP contribution is 2.41. The quantitative estimate of drug-likeness (QED) is 0.138. The molecule has 0 bridgehead atoms. The molecule has 0 spiro atoms. The Morgan fingerprint density at radius 3 is 2.61 bits per heavy atom. The maximum atomic E-state index is 12.9. The summed E-state index contributed by atoms with van der Waals surface area (Å²) in [5.74, 6) is -2.81. The van der Waals surface area contributed by atoms with Gasteiger partial charge in [-0.2, -0.15) is 0 Å². The molecule has 12 nitrogen and oxygen atoms in total. The van der Waals surface area contributed by atoms with Crippen LogP contribution in [0.4, 0.5) is 10.8 Å². The van der Waals surface area contributed by atoms with E-state index in [-0.39, 0.29) is 28.2 Å². The number of carboxylic acids is 1.